The molecule has 0 aromatic carbocycles. The Morgan fingerprint density at radius 1 is 1.30 bits per heavy atom. The minimum Gasteiger partial charge on any atom is -0.381 e. The zero-order valence-corrected chi connectivity index (χ0v) is 12.9. The Hall–Kier alpha value is -1.36. The van der Waals surface area contributed by atoms with E-state index in [9.17, 15) is 0 Å². The van der Waals surface area contributed by atoms with Crippen LogP contribution in [0.25, 0.3) is 0 Å². The molecular weight excluding hydrogens is 252 g/mol. The third-order valence-corrected chi connectivity index (χ3v) is 3.67. The van der Waals surface area contributed by atoms with Gasteiger partial charge in [0, 0.05) is 37.1 Å². The molecule has 5 nitrogen and oxygen atoms in total. The summed E-state index contributed by atoms with van der Waals surface area (Å²) in [6.45, 7) is 11.1. The number of rotatable bonds is 6. The predicted octanol–water partition coefficient (Wildman–Crippen LogP) is 2.87. The van der Waals surface area contributed by atoms with Crippen LogP contribution in [-0.2, 0) is 4.74 Å². The van der Waals surface area contributed by atoms with Gasteiger partial charge in [-0.3, -0.25) is 0 Å². The third-order valence-electron chi connectivity index (χ3n) is 3.67. The second-order valence-corrected chi connectivity index (χ2v) is 5.74. The molecule has 0 amide bonds. The van der Waals surface area contributed by atoms with Crippen LogP contribution in [0.4, 0.5) is 11.6 Å². The zero-order valence-electron chi connectivity index (χ0n) is 12.9. The SMILES string of the molecule is CCNc1cc(NC(C)C2CCOC2)nc(C(C)C)n1. The first-order valence-corrected chi connectivity index (χ1v) is 7.57. The Morgan fingerprint density at radius 2 is 2.05 bits per heavy atom. The molecule has 5 heteroatoms. The van der Waals surface area contributed by atoms with Crippen LogP contribution in [0.3, 0.4) is 0 Å². The number of nitrogens with one attached hydrogen (secondary N) is 2. The van der Waals surface area contributed by atoms with Gasteiger partial charge in [-0.2, -0.15) is 0 Å². The van der Waals surface area contributed by atoms with Crippen molar-refractivity contribution in [1.29, 1.82) is 0 Å². The van der Waals surface area contributed by atoms with Crippen LogP contribution in [0, 0.1) is 5.92 Å². The highest BCUT2D eigenvalue weighted by molar-refractivity contribution is 5.48. The zero-order chi connectivity index (χ0) is 14.5. The number of ether oxygens (including phenoxy) is 1. The summed E-state index contributed by atoms with van der Waals surface area (Å²) < 4.78 is 5.46. The van der Waals surface area contributed by atoms with Crippen molar-refractivity contribution in [2.45, 2.75) is 46.1 Å². The highest BCUT2D eigenvalue weighted by Crippen LogP contribution is 2.22. The van der Waals surface area contributed by atoms with E-state index < -0.39 is 0 Å². The van der Waals surface area contributed by atoms with Crippen molar-refractivity contribution in [2.24, 2.45) is 5.92 Å². The highest BCUT2D eigenvalue weighted by Gasteiger charge is 2.22. The molecule has 1 fully saturated rings. The monoisotopic (exact) mass is 278 g/mol. The number of hydrogen-bond donors (Lipinski definition) is 2. The van der Waals surface area contributed by atoms with Gasteiger partial charge in [-0.15, -0.1) is 0 Å². The van der Waals surface area contributed by atoms with Crippen LogP contribution in [-0.4, -0.2) is 35.8 Å². The standard InChI is InChI=1S/C15H26N4O/c1-5-16-13-8-14(19-15(18-13)10(2)3)17-11(4)12-6-7-20-9-12/h8,10-12H,5-7,9H2,1-4H3,(H2,16,17,18,19). The lowest BCUT2D eigenvalue weighted by molar-refractivity contribution is 0.183. The van der Waals surface area contributed by atoms with Gasteiger partial charge in [0.25, 0.3) is 0 Å². The second-order valence-electron chi connectivity index (χ2n) is 5.74. The van der Waals surface area contributed by atoms with E-state index >= 15 is 0 Å². The van der Waals surface area contributed by atoms with Gasteiger partial charge in [-0.1, -0.05) is 13.8 Å². The lowest BCUT2D eigenvalue weighted by atomic mass is 10.0. The van der Waals surface area contributed by atoms with E-state index in [0.29, 0.717) is 17.9 Å². The molecule has 2 heterocycles. The van der Waals surface area contributed by atoms with E-state index in [4.69, 9.17) is 4.74 Å². The summed E-state index contributed by atoms with van der Waals surface area (Å²) in [6.07, 6.45) is 1.12. The molecule has 112 valence electrons. The van der Waals surface area contributed by atoms with Gasteiger partial charge in [-0.25, -0.2) is 9.97 Å². The maximum absolute atomic E-state index is 5.46. The van der Waals surface area contributed by atoms with Crippen LogP contribution in [0.15, 0.2) is 6.07 Å². The van der Waals surface area contributed by atoms with Gasteiger partial charge in [0.05, 0.1) is 6.61 Å². The summed E-state index contributed by atoms with van der Waals surface area (Å²) in [4.78, 5) is 9.16. The summed E-state index contributed by atoms with van der Waals surface area (Å²) in [6, 6.07) is 2.35. The smallest absolute Gasteiger partial charge is 0.135 e. The van der Waals surface area contributed by atoms with Crippen molar-refractivity contribution in [2.75, 3.05) is 30.4 Å². The van der Waals surface area contributed by atoms with Crippen LogP contribution < -0.4 is 10.6 Å². The Bertz CT molecular complexity index is 430. The molecule has 0 radical (unpaired) electrons. The maximum Gasteiger partial charge on any atom is 0.135 e. The molecule has 1 aromatic rings. The minimum absolute atomic E-state index is 0.319. The first kappa shape index (κ1) is 15.0. The highest BCUT2D eigenvalue weighted by atomic mass is 16.5. The van der Waals surface area contributed by atoms with Crippen molar-refractivity contribution < 1.29 is 4.74 Å². The van der Waals surface area contributed by atoms with Crippen LogP contribution >= 0.6 is 0 Å². The summed E-state index contributed by atoms with van der Waals surface area (Å²) in [5, 5.41) is 6.78. The van der Waals surface area contributed by atoms with E-state index in [-0.39, 0.29) is 0 Å². The molecular formula is C15H26N4O. The van der Waals surface area contributed by atoms with Gasteiger partial charge in [0.15, 0.2) is 0 Å². The van der Waals surface area contributed by atoms with Crippen LogP contribution in [0.1, 0.15) is 45.9 Å². The van der Waals surface area contributed by atoms with Gasteiger partial charge in [-0.05, 0) is 20.3 Å². The Kier molecular flexibility index (Phi) is 5.17. The van der Waals surface area contributed by atoms with Crippen molar-refractivity contribution >= 4 is 11.6 Å². The molecule has 1 aliphatic heterocycles. The fourth-order valence-corrected chi connectivity index (χ4v) is 2.37. The lowest BCUT2D eigenvalue weighted by Crippen LogP contribution is -2.27. The largest absolute Gasteiger partial charge is 0.381 e. The van der Waals surface area contributed by atoms with E-state index in [2.05, 4.69) is 48.3 Å². The number of aromatic nitrogens is 2. The number of anilines is 2. The van der Waals surface area contributed by atoms with Crippen molar-refractivity contribution in [3.8, 4) is 0 Å². The fourth-order valence-electron chi connectivity index (χ4n) is 2.37. The average Bonchev–Trinajstić information content (AvgIpc) is 2.92. The molecule has 1 saturated heterocycles. The molecule has 2 rings (SSSR count). The second kappa shape index (κ2) is 6.88. The first-order valence-electron chi connectivity index (χ1n) is 7.57. The molecule has 2 atom stereocenters. The molecule has 2 N–H and O–H groups in total. The van der Waals surface area contributed by atoms with E-state index in [1.54, 1.807) is 0 Å². The quantitative estimate of drug-likeness (QED) is 0.838. The van der Waals surface area contributed by atoms with Gasteiger partial charge in [0.2, 0.25) is 0 Å². The average molecular weight is 278 g/mol. The molecule has 1 aliphatic rings. The number of hydrogen-bond acceptors (Lipinski definition) is 5. The minimum atomic E-state index is 0.319. The van der Waals surface area contributed by atoms with Gasteiger partial charge < -0.3 is 15.4 Å². The van der Waals surface area contributed by atoms with E-state index in [1.165, 1.54) is 0 Å². The topological polar surface area (TPSA) is 59.1 Å². The molecule has 0 bridgehead atoms. The van der Waals surface area contributed by atoms with Crippen LogP contribution in [0.5, 0.6) is 0 Å². The van der Waals surface area contributed by atoms with Crippen molar-refractivity contribution in [3.63, 3.8) is 0 Å². The fraction of sp³-hybridized carbons (Fsp3) is 0.733. The Balaban J connectivity index is 2.12. The maximum atomic E-state index is 5.46. The molecule has 2 unspecified atom stereocenters. The lowest BCUT2D eigenvalue weighted by Gasteiger charge is -2.21. The molecule has 0 spiro atoms. The summed E-state index contributed by atoms with van der Waals surface area (Å²) in [5.41, 5.74) is 0. The van der Waals surface area contributed by atoms with Gasteiger partial charge >= 0.3 is 0 Å². The van der Waals surface area contributed by atoms with Crippen molar-refractivity contribution in [1.82, 2.24) is 9.97 Å². The van der Waals surface area contributed by atoms with E-state index in [0.717, 1.165) is 43.6 Å². The summed E-state index contributed by atoms with van der Waals surface area (Å²) in [7, 11) is 0. The molecule has 1 aromatic heterocycles. The summed E-state index contributed by atoms with van der Waals surface area (Å²) >= 11 is 0. The molecule has 20 heavy (non-hydrogen) atoms. The Morgan fingerprint density at radius 3 is 2.65 bits per heavy atom. The van der Waals surface area contributed by atoms with Crippen LogP contribution in [0.2, 0.25) is 0 Å². The number of nitrogens with zero attached hydrogens (tertiary/aromatic N) is 2. The predicted molar refractivity (Wildman–Crippen MR) is 82.3 cm³/mol. The first-order chi connectivity index (χ1) is 9.60. The molecule has 0 saturated carbocycles. The van der Waals surface area contributed by atoms with Crippen molar-refractivity contribution in [3.05, 3.63) is 11.9 Å². The normalized spacial score (nSPS) is 20.1. The summed E-state index contributed by atoms with van der Waals surface area (Å²) in [5.74, 6) is 3.55. The van der Waals surface area contributed by atoms with E-state index in [1.807, 2.05) is 6.07 Å². The third kappa shape index (κ3) is 3.82. The Labute approximate surface area is 121 Å². The molecule has 0 aliphatic carbocycles. The van der Waals surface area contributed by atoms with Gasteiger partial charge in [0.1, 0.15) is 17.5 Å².